The number of carbonyl (C=O) groups excluding carboxylic acids is 1. The molecular weight excluding hydrogens is 250 g/mol. The van der Waals surface area contributed by atoms with Crippen LogP contribution in [0.2, 0.25) is 0 Å². The smallest absolute Gasteiger partial charge is 0.269 e. The van der Waals surface area contributed by atoms with Crippen LogP contribution < -0.4 is 5.32 Å². The van der Waals surface area contributed by atoms with Crippen molar-refractivity contribution in [1.82, 2.24) is 25.4 Å². The van der Waals surface area contributed by atoms with Crippen LogP contribution in [0, 0.1) is 0 Å². The highest BCUT2D eigenvalue weighted by atomic mass is 16.5. The van der Waals surface area contributed by atoms with E-state index in [0.717, 1.165) is 19.4 Å². The van der Waals surface area contributed by atoms with E-state index >= 15 is 0 Å². The van der Waals surface area contributed by atoms with Crippen LogP contribution in [0.15, 0.2) is 17.0 Å². The van der Waals surface area contributed by atoms with Crippen molar-refractivity contribution in [2.45, 2.75) is 25.5 Å². The molecule has 1 amide bonds. The Bertz CT molecular complexity index is 544. The second-order valence-electron chi connectivity index (χ2n) is 4.20. The van der Waals surface area contributed by atoms with Crippen molar-refractivity contribution >= 4 is 5.91 Å². The first-order chi connectivity index (χ1) is 9.33. The Labute approximate surface area is 108 Å². The van der Waals surface area contributed by atoms with Crippen molar-refractivity contribution in [3.63, 3.8) is 0 Å². The lowest BCUT2D eigenvalue weighted by molar-refractivity contribution is 0.0835. The van der Waals surface area contributed by atoms with Crippen molar-refractivity contribution in [3.8, 4) is 0 Å². The van der Waals surface area contributed by atoms with Gasteiger partial charge >= 0.3 is 0 Å². The van der Waals surface area contributed by atoms with Gasteiger partial charge in [-0.25, -0.2) is 4.98 Å². The van der Waals surface area contributed by atoms with Crippen LogP contribution in [0.25, 0.3) is 0 Å². The van der Waals surface area contributed by atoms with E-state index in [2.05, 4.69) is 25.4 Å². The molecule has 8 nitrogen and oxygen atoms in total. The maximum Gasteiger partial charge on any atom is 0.269 e. The van der Waals surface area contributed by atoms with E-state index in [1.807, 2.05) is 0 Å². The first-order valence-corrected chi connectivity index (χ1v) is 6.03. The molecule has 2 N–H and O–H groups in total. The lowest BCUT2D eigenvalue weighted by atomic mass is 10.2. The summed E-state index contributed by atoms with van der Waals surface area (Å²) in [6.07, 6.45) is 4.67. The molecule has 1 aliphatic heterocycles. The standard InChI is InChI=1S/C11H13N5O3/c17-10(7-4-12-6-14-7)13-5-9-15-11(19-16-9)8-2-1-3-18-8/h4,6,8H,1-3,5H2,(H,12,14)(H,13,17)/t8-/m0/s1. The normalized spacial score (nSPS) is 18.6. The number of nitrogens with one attached hydrogen (secondary N) is 2. The largest absolute Gasteiger partial charge is 0.368 e. The van der Waals surface area contributed by atoms with E-state index in [1.165, 1.54) is 12.5 Å². The highest BCUT2D eigenvalue weighted by Gasteiger charge is 2.23. The third-order valence-corrected chi connectivity index (χ3v) is 2.84. The zero-order valence-corrected chi connectivity index (χ0v) is 10.1. The molecule has 19 heavy (non-hydrogen) atoms. The molecule has 0 unspecified atom stereocenters. The van der Waals surface area contributed by atoms with Crippen LogP contribution in [0.1, 0.15) is 41.1 Å². The van der Waals surface area contributed by atoms with Crippen molar-refractivity contribution in [3.05, 3.63) is 29.9 Å². The van der Waals surface area contributed by atoms with Gasteiger partial charge < -0.3 is 19.6 Å². The van der Waals surface area contributed by atoms with E-state index in [4.69, 9.17) is 9.26 Å². The maximum atomic E-state index is 11.6. The van der Waals surface area contributed by atoms with Gasteiger partial charge in [0.1, 0.15) is 11.8 Å². The number of hydrogen-bond donors (Lipinski definition) is 2. The number of aromatic amines is 1. The van der Waals surface area contributed by atoms with Crippen molar-refractivity contribution in [2.75, 3.05) is 6.61 Å². The Balaban J connectivity index is 1.57. The van der Waals surface area contributed by atoms with Crippen molar-refractivity contribution in [2.24, 2.45) is 0 Å². The number of carbonyl (C=O) groups is 1. The summed E-state index contributed by atoms with van der Waals surface area (Å²) in [6.45, 7) is 0.924. The Morgan fingerprint density at radius 2 is 2.53 bits per heavy atom. The summed E-state index contributed by atoms with van der Waals surface area (Å²) in [7, 11) is 0. The van der Waals surface area contributed by atoms with Gasteiger partial charge in [0.25, 0.3) is 11.8 Å². The summed E-state index contributed by atoms with van der Waals surface area (Å²) in [4.78, 5) is 22.3. The second-order valence-corrected chi connectivity index (χ2v) is 4.20. The Kier molecular flexibility index (Phi) is 3.23. The predicted octanol–water partition coefficient (Wildman–Crippen LogP) is 0.574. The lowest BCUT2D eigenvalue weighted by Gasteiger charge is -2.01. The molecule has 2 aromatic rings. The van der Waals surface area contributed by atoms with Crippen molar-refractivity contribution < 1.29 is 14.1 Å². The number of amides is 1. The fourth-order valence-electron chi connectivity index (χ4n) is 1.88. The molecule has 2 aromatic heterocycles. The topological polar surface area (TPSA) is 106 Å². The van der Waals surface area contributed by atoms with E-state index < -0.39 is 0 Å². The third-order valence-electron chi connectivity index (χ3n) is 2.84. The molecule has 8 heteroatoms. The average molecular weight is 263 g/mol. The summed E-state index contributed by atoms with van der Waals surface area (Å²) in [5.74, 6) is 0.641. The molecule has 3 rings (SSSR count). The van der Waals surface area contributed by atoms with Crippen LogP contribution in [0.3, 0.4) is 0 Å². The molecule has 0 saturated carbocycles. The average Bonchev–Trinajstić information content (AvgIpc) is 3.14. The predicted molar refractivity (Wildman–Crippen MR) is 62.0 cm³/mol. The molecular formula is C11H13N5O3. The SMILES string of the molecule is O=C(NCc1noc([C@@H]2CCCO2)n1)c1cnc[nH]1. The Hall–Kier alpha value is -2.22. The molecule has 1 aliphatic rings. The number of ether oxygens (including phenoxy) is 1. The summed E-state index contributed by atoms with van der Waals surface area (Å²) in [6, 6.07) is 0. The summed E-state index contributed by atoms with van der Waals surface area (Å²) >= 11 is 0. The minimum Gasteiger partial charge on any atom is -0.368 e. The molecule has 0 bridgehead atoms. The number of rotatable bonds is 4. The van der Waals surface area contributed by atoms with Crippen LogP contribution >= 0.6 is 0 Å². The fourth-order valence-corrected chi connectivity index (χ4v) is 1.88. The van der Waals surface area contributed by atoms with Gasteiger partial charge in [-0.05, 0) is 12.8 Å². The van der Waals surface area contributed by atoms with Crippen molar-refractivity contribution in [1.29, 1.82) is 0 Å². The molecule has 100 valence electrons. The minimum absolute atomic E-state index is 0.107. The van der Waals surface area contributed by atoms with Gasteiger partial charge in [-0.15, -0.1) is 0 Å². The molecule has 1 atom stereocenters. The monoisotopic (exact) mass is 263 g/mol. The van der Waals surface area contributed by atoms with Gasteiger partial charge in [-0.3, -0.25) is 4.79 Å². The summed E-state index contributed by atoms with van der Waals surface area (Å²) in [5.41, 5.74) is 0.392. The van der Waals surface area contributed by atoms with E-state index in [1.54, 1.807) is 0 Å². The zero-order valence-electron chi connectivity index (χ0n) is 10.1. The van der Waals surface area contributed by atoms with Gasteiger partial charge in [0, 0.05) is 6.61 Å². The number of nitrogens with zero attached hydrogens (tertiary/aromatic N) is 3. The van der Waals surface area contributed by atoms with Crippen LogP contribution in [0.5, 0.6) is 0 Å². The maximum absolute atomic E-state index is 11.6. The minimum atomic E-state index is -0.263. The van der Waals surface area contributed by atoms with Gasteiger partial charge in [0.2, 0.25) is 0 Å². The zero-order chi connectivity index (χ0) is 13.1. The van der Waals surface area contributed by atoms with Gasteiger partial charge in [0.15, 0.2) is 5.82 Å². The number of aromatic nitrogens is 4. The second kappa shape index (κ2) is 5.19. The highest BCUT2D eigenvalue weighted by Crippen LogP contribution is 2.26. The Morgan fingerprint density at radius 1 is 1.58 bits per heavy atom. The first-order valence-electron chi connectivity index (χ1n) is 6.03. The van der Waals surface area contributed by atoms with Crippen LogP contribution in [0.4, 0.5) is 0 Å². The molecule has 0 aliphatic carbocycles. The van der Waals surface area contributed by atoms with Gasteiger partial charge in [-0.1, -0.05) is 5.16 Å². The number of hydrogen-bond acceptors (Lipinski definition) is 6. The van der Waals surface area contributed by atoms with E-state index in [-0.39, 0.29) is 18.6 Å². The molecule has 3 heterocycles. The number of H-pyrrole nitrogens is 1. The fraction of sp³-hybridized carbons (Fsp3) is 0.455. The molecule has 0 aromatic carbocycles. The van der Waals surface area contributed by atoms with Gasteiger partial charge in [-0.2, -0.15) is 4.98 Å². The number of imidazole rings is 1. The quantitative estimate of drug-likeness (QED) is 0.835. The Morgan fingerprint density at radius 3 is 3.26 bits per heavy atom. The molecule has 1 saturated heterocycles. The van der Waals surface area contributed by atoms with E-state index in [9.17, 15) is 4.79 Å². The lowest BCUT2D eigenvalue weighted by Crippen LogP contribution is -2.23. The summed E-state index contributed by atoms with van der Waals surface area (Å²) in [5, 5.41) is 6.48. The molecule has 0 radical (unpaired) electrons. The third kappa shape index (κ3) is 2.63. The highest BCUT2D eigenvalue weighted by molar-refractivity contribution is 5.91. The first kappa shape index (κ1) is 11.8. The van der Waals surface area contributed by atoms with E-state index in [0.29, 0.717) is 17.4 Å². The van der Waals surface area contributed by atoms with Crippen LogP contribution in [-0.4, -0.2) is 32.6 Å². The summed E-state index contributed by atoms with van der Waals surface area (Å²) < 4.78 is 10.6. The van der Waals surface area contributed by atoms with Gasteiger partial charge in [0.05, 0.1) is 19.1 Å². The molecule has 1 fully saturated rings. The van der Waals surface area contributed by atoms with Crippen LogP contribution in [-0.2, 0) is 11.3 Å². The molecule has 0 spiro atoms.